The maximum absolute atomic E-state index is 11.4. The zero-order valence-corrected chi connectivity index (χ0v) is 31.2. The van der Waals surface area contributed by atoms with Crippen molar-refractivity contribution in [2.45, 2.75) is 28.5 Å². The van der Waals surface area contributed by atoms with E-state index >= 15 is 0 Å². The van der Waals surface area contributed by atoms with Gasteiger partial charge in [-0.3, -0.25) is 14.3 Å². The Morgan fingerprint density at radius 3 is 2.18 bits per heavy atom. The van der Waals surface area contributed by atoms with Crippen molar-refractivity contribution in [3.63, 3.8) is 0 Å². The quantitative estimate of drug-likeness (QED) is 0.0169. The molecular weight excluding hydrogens is 836 g/mol. The van der Waals surface area contributed by atoms with E-state index in [0.29, 0.717) is 61.4 Å². The molecule has 0 fully saturated rings. The summed E-state index contributed by atoms with van der Waals surface area (Å²) in [5, 5.41) is 66.6. The van der Waals surface area contributed by atoms with Crippen LogP contribution in [0.5, 0.6) is 5.75 Å². The van der Waals surface area contributed by atoms with Crippen LogP contribution in [0.4, 0.5) is 28.6 Å². The molecule has 20 nitrogen and oxygen atoms in total. The van der Waals surface area contributed by atoms with Crippen LogP contribution in [-0.2, 0) is 50.7 Å². The van der Waals surface area contributed by atoms with Gasteiger partial charge in [0.15, 0.2) is 17.3 Å². The number of nitrogen functional groups attached to an aromatic ring is 1. The fourth-order valence-corrected chi connectivity index (χ4v) is 6.23. The molecule has 0 aliphatic rings. The number of fused-ring (bicyclic) bond motifs is 2. The molecule has 1 radical (unpaired) electrons. The number of azo groups is 2. The number of phenols is 1. The standard InChI is InChI=1S/C29H22N8O10S3.C2H4O2.Cu/c1-15-25(29(30)37(36-15)18-6-8-19(9-7-18)50(41,42)43)34-32-17-5-4-16-13-24(49-47-45-40)27(28(38)21(16)14-17)35-33-22-10-11-23(48-46-44-39)20-3-2-12-31-26(20)22;1-2(3)4;/h2-14,38-40H,30H2,1H3,(H,41,42,43);1H3,(H,3,4);. The normalized spacial score (nSPS) is 11.6. The Balaban J connectivity index is 0.00000128. The Morgan fingerprint density at radius 1 is 0.873 bits per heavy atom. The molecule has 0 saturated carbocycles. The number of nitrogens with two attached hydrogens (primary N) is 1. The molecule has 0 aliphatic heterocycles. The molecule has 6 rings (SSSR count). The number of carboxylic acid groups (broad SMARTS) is 1. The van der Waals surface area contributed by atoms with Gasteiger partial charge in [-0.25, -0.2) is 15.2 Å². The topological polar surface area (TPSA) is 295 Å². The SMILES string of the molecule is CC(=O)O.Cc1nn(-c2ccc(S(=O)(=O)O)cc2)c(N)c1N=Nc1ccc2cc(SOOO)c(N=Nc3ccc(SOOO)c4cccnc34)c(O)c2c1.[Cu]. The monoisotopic (exact) mass is 861 g/mol. The van der Waals surface area contributed by atoms with Crippen molar-refractivity contribution >= 4 is 90.4 Å². The smallest absolute Gasteiger partial charge is 0.300 e. The second-order valence-electron chi connectivity index (χ2n) is 10.5. The summed E-state index contributed by atoms with van der Waals surface area (Å²) in [6, 6.07) is 18.5. The van der Waals surface area contributed by atoms with Crippen molar-refractivity contribution in [2.24, 2.45) is 20.5 Å². The van der Waals surface area contributed by atoms with Crippen molar-refractivity contribution < 1.29 is 74.3 Å². The van der Waals surface area contributed by atoms with E-state index in [4.69, 9.17) is 26.1 Å². The summed E-state index contributed by atoms with van der Waals surface area (Å²) in [5.74, 6) is -1.02. The first kappa shape index (κ1) is 42.7. The number of pyridine rings is 1. The summed E-state index contributed by atoms with van der Waals surface area (Å²) < 4.78 is 42.6. The Labute approximate surface area is 329 Å². The summed E-state index contributed by atoms with van der Waals surface area (Å²) in [4.78, 5) is 13.9. The van der Waals surface area contributed by atoms with E-state index < -0.39 is 16.1 Å². The number of hydrogen-bond acceptors (Lipinski definition) is 19. The van der Waals surface area contributed by atoms with Crippen LogP contribution in [0.15, 0.2) is 114 Å². The minimum Gasteiger partial charge on any atom is -0.505 e. The van der Waals surface area contributed by atoms with Crippen LogP contribution in [0.1, 0.15) is 12.6 Å². The van der Waals surface area contributed by atoms with Gasteiger partial charge in [-0.05, 0) is 79.0 Å². The minimum absolute atomic E-state index is 0. The number of rotatable bonds is 12. The molecule has 6 aromatic rings. The number of hydrogen-bond donors (Lipinski definition) is 6. The van der Waals surface area contributed by atoms with E-state index in [1.165, 1.54) is 28.9 Å². The first-order chi connectivity index (χ1) is 25.8. The number of carbonyl (C=O) groups is 1. The van der Waals surface area contributed by atoms with Crippen LogP contribution in [-0.4, -0.2) is 54.4 Å². The molecular formula is C31H26CuN8O12S3. The van der Waals surface area contributed by atoms with Crippen LogP contribution in [0.3, 0.4) is 0 Å². The molecule has 4 aromatic carbocycles. The average Bonchev–Trinajstić information content (AvgIpc) is 3.43. The fourth-order valence-electron chi connectivity index (χ4n) is 4.77. The molecule has 0 spiro atoms. The predicted octanol–water partition coefficient (Wildman–Crippen LogP) is 8.19. The molecule has 2 aromatic heterocycles. The Morgan fingerprint density at radius 2 is 1.53 bits per heavy atom. The van der Waals surface area contributed by atoms with Gasteiger partial charge >= 0.3 is 0 Å². The average molecular weight is 862 g/mol. The number of benzene rings is 4. The van der Waals surface area contributed by atoms with E-state index in [9.17, 15) is 18.1 Å². The number of carboxylic acids is 1. The second-order valence-corrected chi connectivity index (χ2v) is 13.4. The second kappa shape index (κ2) is 19.0. The molecule has 0 aliphatic carbocycles. The largest absolute Gasteiger partial charge is 0.505 e. The summed E-state index contributed by atoms with van der Waals surface area (Å²) in [6.45, 7) is 2.75. The summed E-state index contributed by atoms with van der Waals surface area (Å²) in [7, 11) is -4.37. The van der Waals surface area contributed by atoms with Crippen LogP contribution in [0, 0.1) is 6.92 Å². The van der Waals surface area contributed by atoms with Gasteiger partial charge in [0.05, 0.1) is 56.5 Å². The maximum atomic E-state index is 11.4. The molecule has 0 saturated heterocycles. The maximum Gasteiger partial charge on any atom is 0.300 e. The van der Waals surface area contributed by atoms with Gasteiger partial charge in [0, 0.05) is 45.9 Å². The van der Waals surface area contributed by atoms with Crippen molar-refractivity contribution in [1.29, 1.82) is 0 Å². The first-order valence-corrected chi connectivity index (χ1v) is 17.7. The molecule has 24 heteroatoms. The van der Waals surface area contributed by atoms with Crippen molar-refractivity contribution in [2.75, 3.05) is 5.73 Å². The van der Waals surface area contributed by atoms with Gasteiger partial charge in [0.1, 0.15) is 11.4 Å². The van der Waals surface area contributed by atoms with E-state index in [1.807, 2.05) is 0 Å². The zero-order chi connectivity index (χ0) is 39.0. The number of aliphatic carboxylic acids is 1. The van der Waals surface area contributed by atoms with E-state index in [0.717, 1.165) is 19.0 Å². The van der Waals surface area contributed by atoms with E-state index in [1.54, 1.807) is 61.7 Å². The first-order valence-electron chi connectivity index (χ1n) is 14.7. The fraction of sp³-hybridized carbons (Fsp3) is 0.0645. The Bertz CT molecular complexity index is 2500. The number of nitrogens with zero attached hydrogens (tertiary/aromatic N) is 7. The molecule has 0 unspecified atom stereocenters. The van der Waals surface area contributed by atoms with Gasteiger partial charge < -0.3 is 15.9 Å². The third-order valence-electron chi connectivity index (χ3n) is 7.02. The van der Waals surface area contributed by atoms with E-state index in [-0.39, 0.29) is 49.8 Å². The van der Waals surface area contributed by atoms with Crippen LogP contribution < -0.4 is 5.73 Å². The van der Waals surface area contributed by atoms with Gasteiger partial charge in [-0.2, -0.15) is 18.6 Å². The summed E-state index contributed by atoms with van der Waals surface area (Å²) >= 11 is 1.34. The Hall–Kier alpha value is -5.08. The van der Waals surface area contributed by atoms with E-state index in [2.05, 4.69) is 49.3 Å². The number of aryl methyl sites for hydroxylation is 1. The van der Waals surface area contributed by atoms with Crippen LogP contribution in [0.2, 0.25) is 0 Å². The third kappa shape index (κ3) is 10.4. The zero-order valence-electron chi connectivity index (χ0n) is 27.8. The Kier molecular flexibility index (Phi) is 14.7. The molecule has 7 N–H and O–H groups in total. The van der Waals surface area contributed by atoms with Crippen LogP contribution >= 0.6 is 24.1 Å². The molecule has 2 heterocycles. The van der Waals surface area contributed by atoms with Crippen molar-refractivity contribution in [3.05, 3.63) is 84.7 Å². The molecule has 291 valence electrons. The van der Waals surface area contributed by atoms with Gasteiger partial charge in [0.25, 0.3) is 16.1 Å². The summed E-state index contributed by atoms with van der Waals surface area (Å²) in [6.07, 6.45) is 1.56. The molecule has 0 amide bonds. The number of anilines is 1. The number of aromatic hydroxyl groups is 1. The predicted molar refractivity (Wildman–Crippen MR) is 193 cm³/mol. The van der Waals surface area contributed by atoms with Gasteiger partial charge in [0.2, 0.25) is 0 Å². The number of aromatic nitrogens is 3. The summed E-state index contributed by atoms with van der Waals surface area (Å²) in [5.41, 5.74) is 8.45. The third-order valence-corrected chi connectivity index (χ3v) is 9.17. The molecule has 55 heavy (non-hydrogen) atoms. The number of phenolic OH excluding ortho intramolecular Hbond substituents is 1. The van der Waals surface area contributed by atoms with Crippen molar-refractivity contribution in [3.8, 4) is 11.4 Å². The van der Waals surface area contributed by atoms with Gasteiger partial charge in [-0.1, -0.05) is 16.1 Å². The molecule has 0 bridgehead atoms. The van der Waals surface area contributed by atoms with Gasteiger partial charge in [-0.15, -0.1) is 24.0 Å². The van der Waals surface area contributed by atoms with Crippen LogP contribution in [0.25, 0.3) is 27.4 Å². The van der Waals surface area contributed by atoms with Crippen molar-refractivity contribution in [1.82, 2.24) is 14.8 Å². The molecule has 0 atom stereocenters. The minimum atomic E-state index is -4.37.